The van der Waals surface area contributed by atoms with E-state index in [1.54, 1.807) is 5.32 Å². The predicted octanol–water partition coefficient (Wildman–Crippen LogP) is 5.95. The third-order valence-corrected chi connectivity index (χ3v) is 3.71. The fourth-order valence-electron chi connectivity index (χ4n) is 1.78. The molecule has 0 aliphatic heterocycles. The molecule has 0 aromatic heterocycles. The maximum absolute atomic E-state index is 13.5. The maximum Gasteiger partial charge on any atom is 0.460 e. The van der Waals surface area contributed by atoms with Gasteiger partial charge in [0.05, 0.1) is 13.0 Å². The summed E-state index contributed by atoms with van der Waals surface area (Å²) in [5, 5.41) is 1.57. The molecule has 0 heterocycles. The van der Waals surface area contributed by atoms with E-state index in [4.69, 9.17) is 0 Å². The van der Waals surface area contributed by atoms with Crippen molar-refractivity contribution < 1.29 is 84.2 Å². The Labute approximate surface area is 171 Å². The Balaban J connectivity index is 6.29. The van der Waals surface area contributed by atoms with Crippen molar-refractivity contribution in [3.05, 3.63) is 6.92 Å². The van der Waals surface area contributed by atoms with Crippen molar-refractivity contribution in [2.75, 3.05) is 13.2 Å². The van der Waals surface area contributed by atoms with Crippen molar-refractivity contribution in [3.63, 3.8) is 0 Å². The van der Waals surface area contributed by atoms with Gasteiger partial charge in [-0.15, -0.1) is 0 Å². The number of hydrogen-bond donors (Lipinski definition) is 1. The van der Waals surface area contributed by atoms with E-state index in [9.17, 15) is 79.4 Å². The summed E-state index contributed by atoms with van der Waals surface area (Å²) in [5.41, 5.74) is 0. The van der Waals surface area contributed by atoms with Gasteiger partial charge in [0.1, 0.15) is 0 Å². The number of nitrogens with one attached hydrogen (secondary N) is 1. The van der Waals surface area contributed by atoms with Crippen LogP contribution < -0.4 is 5.32 Å². The van der Waals surface area contributed by atoms with Crippen LogP contribution in [0.2, 0.25) is 0 Å². The molecule has 0 bridgehead atoms. The molecule has 20 heteroatoms. The van der Waals surface area contributed by atoms with Gasteiger partial charge in [0.25, 0.3) is 0 Å². The van der Waals surface area contributed by atoms with Gasteiger partial charge in [-0.2, -0.15) is 74.6 Å². The quantitative estimate of drug-likeness (QED) is 0.353. The second-order valence-corrected chi connectivity index (χ2v) is 5.96. The van der Waals surface area contributed by atoms with Crippen LogP contribution in [0, 0.1) is 6.92 Å². The largest absolute Gasteiger partial charge is 0.460 e. The van der Waals surface area contributed by atoms with Crippen LogP contribution in [-0.2, 0) is 4.74 Å². The molecule has 1 amide bonds. The minimum absolute atomic E-state index is 0.512. The maximum atomic E-state index is 13.5. The molecule has 33 heavy (non-hydrogen) atoms. The van der Waals surface area contributed by atoms with Gasteiger partial charge in [-0.3, -0.25) is 0 Å². The number of hydrogen-bond acceptors (Lipinski definition) is 2. The van der Waals surface area contributed by atoms with E-state index in [2.05, 4.69) is 11.7 Å². The Bertz CT molecular complexity index is 700. The normalized spacial score (nSPS) is 15.5. The first-order valence-corrected chi connectivity index (χ1v) is 7.62. The van der Waals surface area contributed by atoms with Crippen LogP contribution in [0.3, 0.4) is 0 Å². The Kier molecular flexibility index (Phi) is 8.19. The van der Waals surface area contributed by atoms with E-state index in [1.165, 1.54) is 0 Å². The third-order valence-electron chi connectivity index (χ3n) is 3.71. The van der Waals surface area contributed by atoms with E-state index >= 15 is 0 Å². The summed E-state index contributed by atoms with van der Waals surface area (Å²) in [6.45, 7) is 0.420. The average Bonchev–Trinajstić information content (AvgIpc) is 2.59. The standard InChI is InChI=1S/C13H9F17NO2/c1-2-31-5(32)33-4-3-6(14,15)7(16,17)8(18,19)9(20,21)10(22,23)11(24,25)12(26,27)13(28,29)30/h1-4H2,(H,31,32). The lowest BCUT2D eigenvalue weighted by Crippen LogP contribution is -2.74. The summed E-state index contributed by atoms with van der Waals surface area (Å²) in [6.07, 6.45) is -12.4. The number of carbonyl (C=O) groups excluding carboxylic acids is 1. The number of rotatable bonds is 10. The lowest BCUT2D eigenvalue weighted by Gasteiger charge is -2.42. The summed E-state index contributed by atoms with van der Waals surface area (Å²) in [7, 11) is 0. The first kappa shape index (κ1) is 31.1. The van der Waals surface area contributed by atoms with Gasteiger partial charge >= 0.3 is 53.7 Å². The van der Waals surface area contributed by atoms with E-state index in [0.717, 1.165) is 0 Å². The van der Waals surface area contributed by atoms with E-state index in [0.29, 0.717) is 0 Å². The Morgan fingerprint density at radius 1 is 0.606 bits per heavy atom. The Morgan fingerprint density at radius 3 is 1.27 bits per heavy atom. The average molecular weight is 534 g/mol. The molecule has 0 unspecified atom stereocenters. The Morgan fingerprint density at radius 2 is 0.939 bits per heavy atom. The molecule has 0 atom stereocenters. The van der Waals surface area contributed by atoms with Crippen molar-refractivity contribution in [1.82, 2.24) is 5.32 Å². The van der Waals surface area contributed by atoms with Gasteiger partial charge in [-0.05, 0) is 6.92 Å². The highest BCUT2D eigenvalue weighted by Gasteiger charge is 2.95. The zero-order valence-electron chi connectivity index (χ0n) is 15.1. The number of halogens is 17. The topological polar surface area (TPSA) is 38.3 Å². The van der Waals surface area contributed by atoms with Gasteiger partial charge in [0.2, 0.25) is 0 Å². The molecule has 197 valence electrons. The SMILES string of the molecule is [CH2]CNC(=O)OCCC(F)(F)C(F)(F)C(F)(F)C(F)(F)C(F)(F)C(F)(F)C(F)(F)C(F)(F)F. The smallest absolute Gasteiger partial charge is 0.449 e. The van der Waals surface area contributed by atoms with Crippen LogP contribution >= 0.6 is 0 Å². The van der Waals surface area contributed by atoms with Crippen LogP contribution in [0.5, 0.6) is 0 Å². The molecule has 0 aromatic rings. The predicted molar refractivity (Wildman–Crippen MR) is 70.0 cm³/mol. The monoisotopic (exact) mass is 534 g/mol. The van der Waals surface area contributed by atoms with Gasteiger partial charge in [0, 0.05) is 6.54 Å². The molecule has 0 aliphatic carbocycles. The minimum atomic E-state index is -8.67. The number of amides is 1. The summed E-state index contributed by atoms with van der Waals surface area (Å²) in [5.74, 6) is -56.8. The molecule has 0 saturated heterocycles. The number of alkyl carbamates (subject to hydrolysis) is 1. The summed E-state index contributed by atoms with van der Waals surface area (Å²) in [6, 6.07) is 0. The zero-order valence-corrected chi connectivity index (χ0v) is 15.1. The van der Waals surface area contributed by atoms with Crippen LogP contribution in [0.25, 0.3) is 0 Å². The first-order chi connectivity index (χ1) is 14.2. The third kappa shape index (κ3) is 4.69. The molecular formula is C13H9F17NO2. The summed E-state index contributed by atoms with van der Waals surface area (Å²) in [4.78, 5) is 10.7. The molecule has 1 N–H and O–H groups in total. The second-order valence-electron chi connectivity index (χ2n) is 5.96. The molecule has 0 saturated carbocycles. The highest BCUT2D eigenvalue weighted by atomic mass is 19.4. The molecule has 0 fully saturated rings. The van der Waals surface area contributed by atoms with Crippen molar-refractivity contribution >= 4 is 6.09 Å². The number of carbonyl (C=O) groups is 1. The molecule has 0 rings (SSSR count). The zero-order chi connectivity index (χ0) is 27.1. The van der Waals surface area contributed by atoms with Crippen LogP contribution in [0.15, 0.2) is 0 Å². The number of alkyl halides is 17. The molecule has 0 aliphatic rings. The number of ether oxygens (including phenoxy) is 1. The van der Waals surface area contributed by atoms with Crippen LogP contribution in [-0.4, -0.2) is 66.9 Å². The molecule has 1 radical (unpaired) electrons. The van der Waals surface area contributed by atoms with Crippen molar-refractivity contribution in [3.8, 4) is 0 Å². The fourth-order valence-corrected chi connectivity index (χ4v) is 1.78. The Hall–Kier alpha value is -1.92. The lowest BCUT2D eigenvalue weighted by atomic mass is 9.88. The van der Waals surface area contributed by atoms with Crippen LogP contribution in [0.1, 0.15) is 6.42 Å². The van der Waals surface area contributed by atoms with Gasteiger partial charge in [-0.25, -0.2) is 4.79 Å². The molecular weight excluding hydrogens is 525 g/mol. The van der Waals surface area contributed by atoms with Crippen molar-refractivity contribution in [2.24, 2.45) is 0 Å². The molecule has 0 spiro atoms. The van der Waals surface area contributed by atoms with Crippen molar-refractivity contribution in [2.45, 2.75) is 54.1 Å². The summed E-state index contributed by atoms with van der Waals surface area (Å²) < 4.78 is 225. The highest BCUT2D eigenvalue weighted by Crippen LogP contribution is 2.64. The van der Waals surface area contributed by atoms with Gasteiger partial charge < -0.3 is 10.1 Å². The lowest BCUT2D eigenvalue weighted by molar-refractivity contribution is -0.461. The molecule has 0 aromatic carbocycles. The fraction of sp³-hybridized carbons (Fsp3) is 0.846. The van der Waals surface area contributed by atoms with Crippen LogP contribution in [0.4, 0.5) is 79.4 Å². The van der Waals surface area contributed by atoms with Crippen molar-refractivity contribution in [1.29, 1.82) is 0 Å². The minimum Gasteiger partial charge on any atom is -0.449 e. The van der Waals surface area contributed by atoms with E-state index in [-0.39, 0.29) is 0 Å². The van der Waals surface area contributed by atoms with Gasteiger partial charge in [0.15, 0.2) is 0 Å². The second kappa shape index (κ2) is 8.70. The highest BCUT2D eigenvalue weighted by molar-refractivity contribution is 5.67. The van der Waals surface area contributed by atoms with E-state index < -0.39 is 73.3 Å². The molecule has 3 nitrogen and oxygen atoms in total. The van der Waals surface area contributed by atoms with Gasteiger partial charge in [-0.1, -0.05) is 0 Å². The van der Waals surface area contributed by atoms with E-state index in [1.807, 2.05) is 0 Å². The summed E-state index contributed by atoms with van der Waals surface area (Å²) >= 11 is 0. The first-order valence-electron chi connectivity index (χ1n) is 7.62.